The largest absolute Gasteiger partial charge is 0.494 e. The predicted octanol–water partition coefficient (Wildman–Crippen LogP) is 3.86. The van der Waals surface area contributed by atoms with E-state index >= 15 is 0 Å². The van der Waals surface area contributed by atoms with E-state index in [-0.39, 0.29) is 11.4 Å². The molecule has 0 fully saturated rings. The summed E-state index contributed by atoms with van der Waals surface area (Å²) in [6.07, 6.45) is 0. The topological polar surface area (TPSA) is 68.5 Å². The van der Waals surface area contributed by atoms with Gasteiger partial charge in [0.2, 0.25) is 10.9 Å². The van der Waals surface area contributed by atoms with Crippen LogP contribution in [0.25, 0.3) is 16.2 Å². The summed E-state index contributed by atoms with van der Waals surface area (Å²) in [7, 11) is 0. The first kappa shape index (κ1) is 18.7. The van der Waals surface area contributed by atoms with Gasteiger partial charge in [-0.1, -0.05) is 11.8 Å². The average molecular weight is 391 g/mol. The number of hydrogen-bond acceptors (Lipinski definition) is 6. The maximum absolute atomic E-state index is 12.1. The predicted molar refractivity (Wildman–Crippen MR) is 106 cm³/mol. The van der Waals surface area contributed by atoms with Crippen LogP contribution in [0.4, 0.5) is 0 Å². The van der Waals surface area contributed by atoms with Crippen molar-refractivity contribution in [1.29, 1.82) is 0 Å². The highest BCUT2D eigenvalue weighted by molar-refractivity contribution is 7.99. The molecular formula is C18H22N4O2S2. The Morgan fingerprint density at radius 2 is 2.00 bits per heavy atom. The van der Waals surface area contributed by atoms with Crippen molar-refractivity contribution < 1.29 is 9.53 Å². The lowest BCUT2D eigenvalue weighted by Gasteiger charge is -2.20. The third-order valence-electron chi connectivity index (χ3n) is 3.43. The number of fused-ring (bicyclic) bond motifs is 1. The number of carbonyl (C=O) groups is 1. The van der Waals surface area contributed by atoms with E-state index < -0.39 is 0 Å². The standard InChI is InChI=1S/C18H22N4O2S2/c1-5-24-13-8-6-12(7-9-13)14-10-25-16-20-21-17(22(14)16)26-11-15(23)19-18(2,3)4/h6-10H,5,11H2,1-4H3,(H,19,23). The summed E-state index contributed by atoms with van der Waals surface area (Å²) in [5.41, 5.74) is 1.82. The molecule has 2 aromatic heterocycles. The van der Waals surface area contributed by atoms with Crippen molar-refractivity contribution in [1.82, 2.24) is 19.9 Å². The van der Waals surface area contributed by atoms with Crippen LogP contribution in [-0.2, 0) is 4.79 Å². The van der Waals surface area contributed by atoms with E-state index in [1.165, 1.54) is 23.1 Å². The second-order valence-electron chi connectivity index (χ2n) is 6.77. The average Bonchev–Trinajstić information content (AvgIpc) is 3.15. The molecule has 3 rings (SSSR count). The molecule has 0 saturated carbocycles. The number of thioether (sulfide) groups is 1. The Bertz CT molecular complexity index is 894. The van der Waals surface area contributed by atoms with E-state index in [1.807, 2.05) is 56.4 Å². The van der Waals surface area contributed by atoms with Gasteiger partial charge in [-0.05, 0) is 57.5 Å². The fourth-order valence-corrected chi connectivity index (χ4v) is 4.10. The van der Waals surface area contributed by atoms with Crippen LogP contribution in [-0.4, -0.2) is 38.4 Å². The number of nitrogens with one attached hydrogen (secondary N) is 1. The lowest BCUT2D eigenvalue weighted by Crippen LogP contribution is -2.41. The molecule has 0 unspecified atom stereocenters. The van der Waals surface area contributed by atoms with Crippen LogP contribution >= 0.6 is 23.1 Å². The number of amides is 1. The van der Waals surface area contributed by atoms with E-state index in [4.69, 9.17) is 4.74 Å². The van der Waals surface area contributed by atoms with Crippen LogP contribution in [0.5, 0.6) is 5.75 Å². The molecule has 1 aromatic carbocycles. The molecule has 0 spiro atoms. The Kier molecular flexibility index (Phi) is 5.52. The molecule has 6 nitrogen and oxygen atoms in total. The van der Waals surface area contributed by atoms with Crippen molar-refractivity contribution in [2.75, 3.05) is 12.4 Å². The second-order valence-corrected chi connectivity index (χ2v) is 8.54. The number of ether oxygens (including phenoxy) is 1. The number of nitrogens with zero attached hydrogens (tertiary/aromatic N) is 3. The zero-order valence-electron chi connectivity index (χ0n) is 15.3. The molecule has 1 N–H and O–H groups in total. The van der Waals surface area contributed by atoms with Crippen molar-refractivity contribution in [3.8, 4) is 17.0 Å². The Morgan fingerprint density at radius 1 is 1.27 bits per heavy atom. The number of benzene rings is 1. The van der Waals surface area contributed by atoms with Crippen LogP contribution in [0.2, 0.25) is 0 Å². The fourth-order valence-electron chi connectivity index (χ4n) is 2.46. The summed E-state index contributed by atoms with van der Waals surface area (Å²) < 4.78 is 7.50. The van der Waals surface area contributed by atoms with E-state index in [9.17, 15) is 4.79 Å². The van der Waals surface area contributed by atoms with Crippen molar-refractivity contribution in [2.45, 2.75) is 38.4 Å². The maximum Gasteiger partial charge on any atom is 0.230 e. The molecule has 0 aliphatic carbocycles. The molecule has 8 heteroatoms. The van der Waals surface area contributed by atoms with Crippen LogP contribution in [0, 0.1) is 0 Å². The Labute approximate surface area is 161 Å². The van der Waals surface area contributed by atoms with Gasteiger partial charge in [0.05, 0.1) is 18.1 Å². The first-order valence-corrected chi connectivity index (χ1v) is 10.2. The summed E-state index contributed by atoms with van der Waals surface area (Å²) in [5.74, 6) is 1.13. The van der Waals surface area contributed by atoms with Crippen molar-refractivity contribution in [2.24, 2.45) is 0 Å². The molecule has 2 heterocycles. The van der Waals surface area contributed by atoms with E-state index in [1.54, 1.807) is 0 Å². The molecule has 3 aromatic rings. The van der Waals surface area contributed by atoms with Gasteiger partial charge < -0.3 is 10.1 Å². The highest BCUT2D eigenvalue weighted by Crippen LogP contribution is 2.30. The smallest absolute Gasteiger partial charge is 0.230 e. The fraction of sp³-hybridized carbons (Fsp3) is 0.389. The summed E-state index contributed by atoms with van der Waals surface area (Å²) in [6, 6.07) is 7.95. The van der Waals surface area contributed by atoms with Crippen molar-refractivity contribution >= 4 is 34.0 Å². The summed E-state index contributed by atoms with van der Waals surface area (Å²) in [5, 5.41) is 14.2. The lowest BCUT2D eigenvalue weighted by molar-refractivity contribution is -0.119. The number of thiazole rings is 1. The minimum Gasteiger partial charge on any atom is -0.494 e. The highest BCUT2D eigenvalue weighted by Gasteiger charge is 2.17. The molecule has 0 aliphatic heterocycles. The third kappa shape index (κ3) is 4.37. The Hall–Kier alpha value is -2.06. The van der Waals surface area contributed by atoms with Gasteiger partial charge in [0.25, 0.3) is 0 Å². The maximum atomic E-state index is 12.1. The van der Waals surface area contributed by atoms with Crippen molar-refractivity contribution in [3.63, 3.8) is 0 Å². The first-order chi connectivity index (χ1) is 12.4. The first-order valence-electron chi connectivity index (χ1n) is 8.37. The zero-order chi connectivity index (χ0) is 18.7. The van der Waals surface area contributed by atoms with Crippen LogP contribution in [0.15, 0.2) is 34.8 Å². The normalized spacial score (nSPS) is 11.7. The summed E-state index contributed by atoms with van der Waals surface area (Å²) in [6.45, 7) is 8.51. The quantitative estimate of drug-likeness (QED) is 0.647. The van der Waals surface area contributed by atoms with E-state index in [0.717, 1.165) is 22.0 Å². The number of hydrogen-bond donors (Lipinski definition) is 1. The molecule has 0 saturated heterocycles. The SMILES string of the molecule is CCOc1ccc(-c2csc3nnc(SCC(=O)NC(C)(C)C)n23)cc1. The van der Waals surface area contributed by atoms with E-state index in [2.05, 4.69) is 20.9 Å². The van der Waals surface area contributed by atoms with Crippen LogP contribution in [0.1, 0.15) is 27.7 Å². The molecule has 0 aliphatic rings. The molecule has 26 heavy (non-hydrogen) atoms. The minimum absolute atomic E-state index is 0.0166. The van der Waals surface area contributed by atoms with Gasteiger partial charge in [0, 0.05) is 10.9 Å². The summed E-state index contributed by atoms with van der Waals surface area (Å²) >= 11 is 2.92. The molecule has 0 atom stereocenters. The van der Waals surface area contributed by atoms with E-state index in [0.29, 0.717) is 17.5 Å². The monoisotopic (exact) mass is 390 g/mol. The zero-order valence-corrected chi connectivity index (χ0v) is 16.9. The van der Waals surface area contributed by atoms with Gasteiger partial charge in [0.1, 0.15) is 5.75 Å². The van der Waals surface area contributed by atoms with Crippen LogP contribution < -0.4 is 10.1 Å². The van der Waals surface area contributed by atoms with Gasteiger partial charge in [0.15, 0.2) is 5.16 Å². The third-order valence-corrected chi connectivity index (χ3v) is 5.17. The number of aromatic nitrogens is 3. The van der Waals surface area contributed by atoms with Gasteiger partial charge in [-0.2, -0.15) is 0 Å². The van der Waals surface area contributed by atoms with Crippen LogP contribution in [0.3, 0.4) is 0 Å². The second kappa shape index (κ2) is 7.67. The van der Waals surface area contributed by atoms with Gasteiger partial charge in [-0.3, -0.25) is 9.20 Å². The Morgan fingerprint density at radius 3 is 2.65 bits per heavy atom. The Balaban J connectivity index is 1.81. The number of rotatable bonds is 6. The molecule has 138 valence electrons. The molecule has 0 radical (unpaired) electrons. The van der Waals surface area contributed by atoms with Gasteiger partial charge >= 0.3 is 0 Å². The van der Waals surface area contributed by atoms with Gasteiger partial charge in [-0.25, -0.2) is 0 Å². The van der Waals surface area contributed by atoms with Gasteiger partial charge in [-0.15, -0.1) is 21.5 Å². The number of carbonyl (C=O) groups excluding carboxylic acids is 1. The van der Waals surface area contributed by atoms with Crippen molar-refractivity contribution in [3.05, 3.63) is 29.6 Å². The minimum atomic E-state index is -0.242. The lowest BCUT2D eigenvalue weighted by atomic mass is 10.1. The highest BCUT2D eigenvalue weighted by atomic mass is 32.2. The molecule has 1 amide bonds. The summed E-state index contributed by atoms with van der Waals surface area (Å²) in [4.78, 5) is 12.9. The molecular weight excluding hydrogens is 368 g/mol. The molecule has 0 bridgehead atoms.